The molecule has 0 aliphatic heterocycles. The number of hydrogen-bond acceptors (Lipinski definition) is 5. The summed E-state index contributed by atoms with van der Waals surface area (Å²) in [5, 5.41) is 0. The lowest BCUT2D eigenvalue weighted by molar-refractivity contribution is -0.116. The van der Waals surface area contributed by atoms with Crippen LogP contribution in [0.1, 0.15) is 6.92 Å². The van der Waals surface area contributed by atoms with Crippen LogP contribution in [0.4, 0.5) is 10.1 Å². The van der Waals surface area contributed by atoms with Crippen LogP contribution in [0.15, 0.2) is 47.4 Å². The first-order chi connectivity index (χ1) is 12.8. The van der Waals surface area contributed by atoms with Crippen molar-refractivity contribution in [3.05, 3.63) is 48.3 Å². The summed E-state index contributed by atoms with van der Waals surface area (Å²) < 4.78 is 50.9. The Labute approximate surface area is 157 Å². The van der Waals surface area contributed by atoms with E-state index in [9.17, 15) is 17.6 Å². The zero-order chi connectivity index (χ0) is 20.0. The minimum Gasteiger partial charge on any atom is -0.493 e. The van der Waals surface area contributed by atoms with Gasteiger partial charge in [0.05, 0.1) is 19.1 Å². The molecule has 0 fully saturated rings. The number of anilines is 1. The van der Waals surface area contributed by atoms with Crippen molar-refractivity contribution in [2.45, 2.75) is 11.8 Å². The number of benzene rings is 2. The van der Waals surface area contributed by atoms with E-state index in [4.69, 9.17) is 9.47 Å². The van der Waals surface area contributed by atoms with Crippen LogP contribution in [0.2, 0.25) is 0 Å². The molecule has 7 nitrogen and oxygen atoms in total. The van der Waals surface area contributed by atoms with Crippen molar-refractivity contribution in [1.29, 1.82) is 0 Å². The van der Waals surface area contributed by atoms with Crippen LogP contribution in [0.5, 0.6) is 11.5 Å². The highest BCUT2D eigenvalue weighted by atomic mass is 32.2. The van der Waals surface area contributed by atoms with Gasteiger partial charge in [-0.25, -0.2) is 17.5 Å². The van der Waals surface area contributed by atoms with Crippen LogP contribution in [0.3, 0.4) is 0 Å². The zero-order valence-corrected chi connectivity index (χ0v) is 16.0. The zero-order valence-electron chi connectivity index (χ0n) is 15.2. The fourth-order valence-electron chi connectivity index (χ4n) is 2.47. The quantitative estimate of drug-likeness (QED) is 0.739. The molecular formula is C18H21FN2O5S. The van der Waals surface area contributed by atoms with Crippen molar-refractivity contribution >= 4 is 21.6 Å². The molecule has 9 heteroatoms. The maximum absolute atomic E-state index is 13.4. The second kappa shape index (κ2) is 8.83. The predicted octanol–water partition coefficient (Wildman–Crippen LogP) is 2.17. The van der Waals surface area contributed by atoms with Crippen LogP contribution < -0.4 is 19.1 Å². The molecule has 1 N–H and O–H groups in total. The summed E-state index contributed by atoms with van der Waals surface area (Å²) in [4.78, 5) is 13.1. The van der Waals surface area contributed by atoms with E-state index in [0.29, 0.717) is 11.4 Å². The molecule has 2 aromatic carbocycles. The highest BCUT2D eigenvalue weighted by Gasteiger charge is 2.18. The number of hydrogen-bond donors (Lipinski definition) is 1. The van der Waals surface area contributed by atoms with Crippen LogP contribution in [0, 0.1) is 5.82 Å². The molecule has 0 bridgehead atoms. The van der Waals surface area contributed by atoms with E-state index >= 15 is 0 Å². The Balaban J connectivity index is 2.11. The Morgan fingerprint density at radius 2 is 1.81 bits per heavy atom. The molecule has 0 saturated carbocycles. The molecule has 2 aromatic rings. The van der Waals surface area contributed by atoms with Gasteiger partial charge >= 0.3 is 0 Å². The summed E-state index contributed by atoms with van der Waals surface area (Å²) in [5.74, 6) is -0.119. The number of ether oxygens (including phenoxy) is 2. The van der Waals surface area contributed by atoms with Gasteiger partial charge in [0.25, 0.3) is 0 Å². The van der Waals surface area contributed by atoms with E-state index in [0.717, 1.165) is 0 Å². The van der Waals surface area contributed by atoms with Crippen molar-refractivity contribution in [1.82, 2.24) is 4.72 Å². The van der Waals surface area contributed by atoms with Gasteiger partial charge in [-0.05, 0) is 30.3 Å². The van der Waals surface area contributed by atoms with Gasteiger partial charge in [0.2, 0.25) is 15.9 Å². The van der Waals surface area contributed by atoms with E-state index in [1.807, 2.05) is 0 Å². The Kier molecular flexibility index (Phi) is 6.75. The number of nitrogens with zero attached hydrogens (tertiary/aromatic N) is 1. The van der Waals surface area contributed by atoms with Crippen molar-refractivity contribution in [2.75, 3.05) is 32.2 Å². The number of carbonyl (C=O) groups is 1. The third-order valence-corrected chi connectivity index (χ3v) is 5.25. The number of sulfonamides is 1. The Morgan fingerprint density at radius 1 is 1.11 bits per heavy atom. The molecule has 2 rings (SSSR count). The molecule has 0 saturated heterocycles. The summed E-state index contributed by atoms with van der Waals surface area (Å²) in [5.41, 5.74) is 0.354. The molecular weight excluding hydrogens is 375 g/mol. The van der Waals surface area contributed by atoms with Gasteiger partial charge in [-0.2, -0.15) is 0 Å². The van der Waals surface area contributed by atoms with Gasteiger partial charge in [0, 0.05) is 31.8 Å². The molecule has 27 heavy (non-hydrogen) atoms. The van der Waals surface area contributed by atoms with Gasteiger partial charge in [-0.1, -0.05) is 6.07 Å². The number of carbonyl (C=O) groups excluding carboxylic acids is 1. The van der Waals surface area contributed by atoms with Gasteiger partial charge < -0.3 is 14.4 Å². The second-order valence-electron chi connectivity index (χ2n) is 5.57. The summed E-state index contributed by atoms with van der Waals surface area (Å²) in [7, 11) is -0.968. The van der Waals surface area contributed by atoms with Crippen LogP contribution >= 0.6 is 0 Å². The molecule has 0 atom stereocenters. The van der Waals surface area contributed by atoms with Crippen molar-refractivity contribution in [3.63, 3.8) is 0 Å². The highest BCUT2D eigenvalue weighted by molar-refractivity contribution is 7.89. The van der Waals surface area contributed by atoms with E-state index in [1.54, 1.807) is 6.07 Å². The molecule has 0 aliphatic carbocycles. The molecule has 0 spiro atoms. The summed E-state index contributed by atoms with van der Waals surface area (Å²) in [6.45, 7) is 1.33. The monoisotopic (exact) mass is 396 g/mol. The third-order valence-electron chi connectivity index (χ3n) is 3.79. The largest absolute Gasteiger partial charge is 0.493 e. The minimum absolute atomic E-state index is 0.000260. The summed E-state index contributed by atoms with van der Waals surface area (Å²) >= 11 is 0. The first kappa shape index (κ1) is 20.7. The number of methoxy groups -OCH3 is 2. The maximum Gasteiger partial charge on any atom is 0.240 e. The fraction of sp³-hybridized carbons (Fsp3) is 0.278. The third kappa shape index (κ3) is 5.18. The van der Waals surface area contributed by atoms with Crippen molar-refractivity contribution < 1.29 is 27.1 Å². The van der Waals surface area contributed by atoms with E-state index < -0.39 is 15.8 Å². The predicted molar refractivity (Wildman–Crippen MR) is 99.2 cm³/mol. The Morgan fingerprint density at radius 3 is 2.41 bits per heavy atom. The van der Waals surface area contributed by atoms with Gasteiger partial charge in [0.15, 0.2) is 11.5 Å². The topological polar surface area (TPSA) is 84.9 Å². The number of rotatable bonds is 8. The lowest BCUT2D eigenvalue weighted by Gasteiger charge is -2.21. The van der Waals surface area contributed by atoms with Gasteiger partial charge in [-0.3, -0.25) is 4.79 Å². The van der Waals surface area contributed by atoms with Crippen LogP contribution in [-0.4, -0.2) is 41.6 Å². The Bertz CT molecular complexity index is 918. The second-order valence-corrected chi connectivity index (χ2v) is 7.33. The number of amides is 1. The van der Waals surface area contributed by atoms with Gasteiger partial charge in [-0.15, -0.1) is 0 Å². The first-order valence-corrected chi connectivity index (χ1v) is 9.52. The molecule has 0 unspecified atom stereocenters. The number of nitrogens with one attached hydrogen (secondary N) is 1. The van der Waals surface area contributed by atoms with Crippen LogP contribution in [0.25, 0.3) is 0 Å². The van der Waals surface area contributed by atoms with E-state index in [1.165, 1.54) is 62.4 Å². The smallest absolute Gasteiger partial charge is 0.240 e. The van der Waals surface area contributed by atoms with Crippen molar-refractivity contribution in [3.8, 4) is 11.5 Å². The highest BCUT2D eigenvalue weighted by Crippen LogP contribution is 2.29. The van der Waals surface area contributed by atoms with E-state index in [2.05, 4.69) is 4.72 Å². The molecule has 0 aliphatic rings. The summed E-state index contributed by atoms with van der Waals surface area (Å²) in [6.07, 6.45) is 0. The standard InChI is InChI=1S/C18H21FN2O5S/c1-13(22)21(15-6-4-5-14(19)11-15)10-9-20-27(23,24)16-7-8-17(25-2)18(12-16)26-3/h4-8,11-12,20H,9-10H2,1-3H3. The molecule has 1 amide bonds. The molecule has 146 valence electrons. The minimum atomic E-state index is -3.83. The lowest BCUT2D eigenvalue weighted by atomic mass is 10.2. The van der Waals surface area contributed by atoms with E-state index in [-0.39, 0.29) is 29.6 Å². The Hall–Kier alpha value is -2.65. The first-order valence-electron chi connectivity index (χ1n) is 8.04. The molecule has 0 radical (unpaired) electrons. The molecule has 0 heterocycles. The lowest BCUT2D eigenvalue weighted by Crippen LogP contribution is -2.37. The SMILES string of the molecule is COc1ccc(S(=O)(=O)NCCN(C(C)=O)c2cccc(F)c2)cc1OC. The van der Waals surface area contributed by atoms with Crippen LogP contribution in [-0.2, 0) is 14.8 Å². The normalized spacial score (nSPS) is 11.1. The van der Waals surface area contributed by atoms with Crippen molar-refractivity contribution in [2.24, 2.45) is 0 Å². The number of halogens is 1. The average Bonchev–Trinajstić information content (AvgIpc) is 2.64. The average molecular weight is 396 g/mol. The fourth-order valence-corrected chi connectivity index (χ4v) is 3.51. The van der Waals surface area contributed by atoms with Gasteiger partial charge in [0.1, 0.15) is 5.82 Å². The maximum atomic E-state index is 13.4. The summed E-state index contributed by atoms with van der Waals surface area (Å²) in [6, 6.07) is 9.76. The molecule has 0 aromatic heterocycles.